The monoisotopic (exact) mass is 297 g/mol. The van der Waals surface area contributed by atoms with Gasteiger partial charge in [0.2, 0.25) is 0 Å². The number of hydrogen-bond acceptors (Lipinski definition) is 4. The number of halogens is 2. The van der Waals surface area contributed by atoms with Crippen LogP contribution in [0.4, 0.5) is 13.6 Å². The van der Waals surface area contributed by atoms with Crippen LogP contribution in [0.5, 0.6) is 0 Å². The summed E-state index contributed by atoms with van der Waals surface area (Å²) in [5.74, 6) is -2.26. The normalized spacial score (nSPS) is 11.8. The van der Waals surface area contributed by atoms with E-state index >= 15 is 0 Å². The number of ether oxygens (including phenoxy) is 1. The molecule has 0 amide bonds. The standard InChI is InChI=1S/C13H14BF2NO4/c1-13(2,3)21-12(18)17-9-5-4-8(15)11(16)7(9)6-10(17)14(19)20/h4-6,19-20H,1-3H3. The summed E-state index contributed by atoms with van der Waals surface area (Å²) in [5.41, 5.74) is -1.14. The fourth-order valence-electron chi connectivity index (χ4n) is 1.94. The van der Waals surface area contributed by atoms with E-state index in [0.29, 0.717) is 0 Å². The summed E-state index contributed by atoms with van der Waals surface area (Å²) >= 11 is 0. The van der Waals surface area contributed by atoms with Gasteiger partial charge in [0.15, 0.2) is 11.6 Å². The van der Waals surface area contributed by atoms with Crippen LogP contribution < -0.4 is 5.59 Å². The molecular formula is C13H14BF2NO4. The van der Waals surface area contributed by atoms with Gasteiger partial charge < -0.3 is 14.8 Å². The first-order valence-corrected chi connectivity index (χ1v) is 6.20. The summed E-state index contributed by atoms with van der Waals surface area (Å²) in [4.78, 5) is 12.2. The van der Waals surface area contributed by atoms with Gasteiger partial charge in [-0.2, -0.15) is 0 Å². The minimum atomic E-state index is -2.03. The number of rotatable bonds is 1. The van der Waals surface area contributed by atoms with Crippen molar-refractivity contribution in [2.24, 2.45) is 0 Å². The van der Waals surface area contributed by atoms with Crippen molar-refractivity contribution in [2.45, 2.75) is 26.4 Å². The van der Waals surface area contributed by atoms with Crippen molar-refractivity contribution in [1.29, 1.82) is 0 Å². The molecule has 2 N–H and O–H groups in total. The molecule has 0 radical (unpaired) electrons. The molecule has 8 heteroatoms. The maximum absolute atomic E-state index is 13.8. The molecule has 0 saturated carbocycles. The Hall–Kier alpha value is -1.93. The van der Waals surface area contributed by atoms with E-state index in [9.17, 15) is 23.6 Å². The molecule has 1 aromatic carbocycles. The summed E-state index contributed by atoms with van der Waals surface area (Å²) in [6.07, 6.45) is -0.911. The van der Waals surface area contributed by atoms with Gasteiger partial charge in [0.1, 0.15) is 5.60 Å². The Balaban J connectivity index is 2.68. The Morgan fingerprint density at radius 1 is 1.29 bits per heavy atom. The highest BCUT2D eigenvalue weighted by molar-refractivity contribution is 6.59. The molecule has 0 atom stereocenters. The van der Waals surface area contributed by atoms with Crippen LogP contribution in [0.25, 0.3) is 10.9 Å². The number of fused-ring (bicyclic) bond motifs is 1. The van der Waals surface area contributed by atoms with Crippen LogP contribution in [0, 0.1) is 11.6 Å². The first kappa shape index (κ1) is 15.5. The van der Waals surface area contributed by atoms with Crippen molar-refractivity contribution >= 4 is 29.7 Å². The second-order valence-corrected chi connectivity index (χ2v) is 5.55. The number of aromatic nitrogens is 1. The SMILES string of the molecule is CC(C)(C)OC(=O)n1c(B(O)O)cc2c(F)c(F)ccc21. The van der Waals surface area contributed by atoms with Gasteiger partial charge in [-0.3, -0.25) is 4.57 Å². The third kappa shape index (κ3) is 2.91. The zero-order valence-electron chi connectivity index (χ0n) is 11.7. The second-order valence-electron chi connectivity index (χ2n) is 5.55. The van der Waals surface area contributed by atoms with E-state index in [0.717, 1.165) is 16.7 Å². The number of benzene rings is 1. The molecule has 0 bridgehead atoms. The third-order valence-corrected chi connectivity index (χ3v) is 2.74. The van der Waals surface area contributed by atoms with Crippen molar-refractivity contribution in [3.63, 3.8) is 0 Å². The van der Waals surface area contributed by atoms with Crippen LogP contribution >= 0.6 is 0 Å². The molecule has 0 aliphatic heterocycles. The van der Waals surface area contributed by atoms with Gasteiger partial charge in [-0.25, -0.2) is 13.6 Å². The van der Waals surface area contributed by atoms with Crippen LogP contribution in [0.15, 0.2) is 18.2 Å². The molecule has 5 nitrogen and oxygen atoms in total. The molecule has 1 aromatic heterocycles. The second kappa shape index (κ2) is 5.12. The summed E-state index contributed by atoms with van der Waals surface area (Å²) in [5, 5.41) is 18.4. The number of nitrogens with zero attached hydrogens (tertiary/aromatic N) is 1. The van der Waals surface area contributed by atoms with Gasteiger partial charge in [-0.1, -0.05) is 0 Å². The lowest BCUT2D eigenvalue weighted by atomic mass is 9.86. The van der Waals surface area contributed by atoms with Crippen LogP contribution in [0.1, 0.15) is 20.8 Å². The Bertz CT molecular complexity index is 706. The highest BCUT2D eigenvalue weighted by Crippen LogP contribution is 2.22. The smallest absolute Gasteiger partial charge is 0.443 e. The molecule has 1 heterocycles. The lowest BCUT2D eigenvalue weighted by molar-refractivity contribution is 0.0547. The van der Waals surface area contributed by atoms with E-state index in [1.807, 2.05) is 0 Å². The largest absolute Gasteiger partial charge is 0.506 e. The molecule has 0 unspecified atom stereocenters. The minimum Gasteiger partial charge on any atom is -0.443 e. The highest BCUT2D eigenvalue weighted by Gasteiger charge is 2.28. The Labute approximate surface area is 119 Å². The van der Waals surface area contributed by atoms with Crippen LogP contribution in [0.2, 0.25) is 0 Å². The van der Waals surface area contributed by atoms with Crippen LogP contribution in [0.3, 0.4) is 0 Å². The summed E-state index contributed by atoms with van der Waals surface area (Å²) in [6.45, 7) is 4.89. The Morgan fingerprint density at radius 2 is 1.90 bits per heavy atom. The summed E-state index contributed by atoms with van der Waals surface area (Å²) < 4.78 is 32.9. The topological polar surface area (TPSA) is 71.7 Å². The maximum atomic E-state index is 13.8. The third-order valence-electron chi connectivity index (χ3n) is 2.74. The van der Waals surface area contributed by atoms with E-state index in [4.69, 9.17) is 4.74 Å². The predicted molar refractivity (Wildman–Crippen MR) is 73.3 cm³/mol. The van der Waals surface area contributed by atoms with Crippen molar-refractivity contribution < 1.29 is 28.4 Å². The number of carbonyl (C=O) groups excluding carboxylic acids is 1. The summed E-state index contributed by atoms with van der Waals surface area (Å²) in [7, 11) is -2.03. The van der Waals surface area contributed by atoms with Gasteiger partial charge in [0.05, 0.1) is 11.1 Å². The fourth-order valence-corrected chi connectivity index (χ4v) is 1.94. The molecule has 0 aliphatic rings. The maximum Gasteiger partial charge on any atom is 0.506 e. The molecule has 0 fully saturated rings. The van der Waals surface area contributed by atoms with Crippen LogP contribution in [-0.2, 0) is 4.74 Å². The Morgan fingerprint density at radius 3 is 2.43 bits per heavy atom. The molecule has 0 aliphatic carbocycles. The van der Waals surface area contributed by atoms with Gasteiger partial charge >= 0.3 is 13.2 Å². The highest BCUT2D eigenvalue weighted by atomic mass is 19.2. The van der Waals surface area contributed by atoms with Gasteiger partial charge in [-0.05, 0) is 39.0 Å². The minimum absolute atomic E-state index is 0.00810. The Kier molecular flexibility index (Phi) is 3.77. The van der Waals surface area contributed by atoms with E-state index < -0.39 is 30.4 Å². The van der Waals surface area contributed by atoms with Crippen molar-refractivity contribution in [3.05, 3.63) is 29.8 Å². The zero-order chi connectivity index (χ0) is 15.9. The van der Waals surface area contributed by atoms with E-state index in [1.54, 1.807) is 20.8 Å². The van der Waals surface area contributed by atoms with E-state index in [-0.39, 0.29) is 16.5 Å². The molecule has 2 aromatic rings. The predicted octanol–water partition coefficient (Wildman–Crippen LogP) is 1.38. The average Bonchev–Trinajstić information content (AvgIpc) is 2.72. The molecule has 0 saturated heterocycles. The first-order chi connectivity index (χ1) is 9.61. The molecule has 0 spiro atoms. The zero-order valence-corrected chi connectivity index (χ0v) is 11.7. The molecule has 2 rings (SSSR count). The quantitative estimate of drug-likeness (QED) is 0.780. The van der Waals surface area contributed by atoms with Gasteiger partial charge in [-0.15, -0.1) is 0 Å². The van der Waals surface area contributed by atoms with Crippen LogP contribution in [-0.4, -0.2) is 33.4 Å². The molecular weight excluding hydrogens is 283 g/mol. The average molecular weight is 297 g/mol. The van der Waals surface area contributed by atoms with E-state index in [2.05, 4.69) is 0 Å². The van der Waals surface area contributed by atoms with Gasteiger partial charge in [0, 0.05) is 5.39 Å². The van der Waals surface area contributed by atoms with Crippen molar-refractivity contribution in [1.82, 2.24) is 4.57 Å². The van der Waals surface area contributed by atoms with Crippen molar-refractivity contribution in [3.8, 4) is 0 Å². The number of hydrogen-bond donors (Lipinski definition) is 2. The lowest BCUT2D eigenvalue weighted by Gasteiger charge is -2.20. The molecule has 112 valence electrons. The van der Waals surface area contributed by atoms with E-state index in [1.165, 1.54) is 6.07 Å². The lowest BCUT2D eigenvalue weighted by Crippen LogP contribution is -2.40. The van der Waals surface area contributed by atoms with Crippen molar-refractivity contribution in [2.75, 3.05) is 0 Å². The first-order valence-electron chi connectivity index (χ1n) is 6.20. The number of carbonyl (C=O) groups is 1. The molecule has 21 heavy (non-hydrogen) atoms. The summed E-state index contributed by atoms with van der Waals surface area (Å²) in [6, 6.07) is 3.03. The van der Waals surface area contributed by atoms with Gasteiger partial charge in [0.25, 0.3) is 0 Å². The fraction of sp³-hybridized carbons (Fsp3) is 0.308.